The highest BCUT2D eigenvalue weighted by Crippen LogP contribution is 2.20. The molecular formula is C24H18N5O2+. The fourth-order valence-electron chi connectivity index (χ4n) is 3.64. The van der Waals surface area contributed by atoms with Gasteiger partial charge in [0.25, 0.3) is 11.8 Å². The molecule has 5 aromatic rings. The molecule has 0 radical (unpaired) electrons. The number of anilines is 1. The Morgan fingerprint density at radius 3 is 2.45 bits per heavy atom. The van der Waals surface area contributed by atoms with Crippen molar-refractivity contribution >= 4 is 39.2 Å². The highest BCUT2D eigenvalue weighted by atomic mass is 16.2. The van der Waals surface area contributed by atoms with Crippen molar-refractivity contribution in [2.45, 2.75) is 0 Å². The van der Waals surface area contributed by atoms with E-state index in [0.29, 0.717) is 22.3 Å². The lowest BCUT2D eigenvalue weighted by molar-refractivity contribution is -0.653. The minimum absolute atomic E-state index is 0.221. The first-order valence-electron chi connectivity index (χ1n) is 9.68. The first kappa shape index (κ1) is 18.5. The summed E-state index contributed by atoms with van der Waals surface area (Å²) in [6.07, 6.45) is 5.20. The van der Waals surface area contributed by atoms with Crippen LogP contribution in [0.1, 0.15) is 20.7 Å². The van der Waals surface area contributed by atoms with Crippen LogP contribution in [0.3, 0.4) is 0 Å². The summed E-state index contributed by atoms with van der Waals surface area (Å²) >= 11 is 0. The SMILES string of the molecule is NC(=O)c1cccc2c[n+](-c3ccc(NC(=O)c4cncc5ccccc45)cc3)[nH]c12. The molecule has 2 amide bonds. The van der Waals surface area contributed by atoms with Crippen LogP contribution in [-0.2, 0) is 0 Å². The number of fused-ring (bicyclic) bond motifs is 2. The van der Waals surface area contributed by atoms with E-state index in [1.165, 1.54) is 0 Å². The lowest BCUT2D eigenvalue weighted by Gasteiger charge is -2.07. The number of nitrogens with one attached hydrogen (secondary N) is 2. The van der Waals surface area contributed by atoms with Gasteiger partial charge in [-0.25, -0.2) is 0 Å². The van der Waals surface area contributed by atoms with Gasteiger partial charge in [0.15, 0.2) is 0 Å². The summed E-state index contributed by atoms with van der Waals surface area (Å²) < 4.78 is 1.80. The number of para-hydroxylation sites is 1. The van der Waals surface area contributed by atoms with Gasteiger partial charge in [0, 0.05) is 35.6 Å². The number of nitrogens with zero attached hydrogens (tertiary/aromatic N) is 2. The molecular weight excluding hydrogens is 390 g/mol. The molecule has 4 N–H and O–H groups in total. The number of aromatic amines is 1. The van der Waals surface area contributed by atoms with E-state index in [0.717, 1.165) is 21.8 Å². The fraction of sp³-hybridized carbons (Fsp3) is 0. The minimum Gasteiger partial charge on any atom is -0.366 e. The Kier molecular flexibility index (Phi) is 4.41. The molecule has 0 aliphatic rings. The van der Waals surface area contributed by atoms with Crippen LogP contribution in [-0.4, -0.2) is 21.9 Å². The average Bonchev–Trinajstić information content (AvgIpc) is 3.23. The van der Waals surface area contributed by atoms with Gasteiger partial charge < -0.3 is 11.1 Å². The lowest BCUT2D eigenvalue weighted by atomic mass is 10.1. The molecule has 0 saturated carbocycles. The second-order valence-electron chi connectivity index (χ2n) is 7.15. The van der Waals surface area contributed by atoms with E-state index >= 15 is 0 Å². The number of rotatable bonds is 4. The van der Waals surface area contributed by atoms with E-state index in [2.05, 4.69) is 15.4 Å². The standard InChI is InChI=1S/C24H17N5O2/c25-23(30)20-7-3-5-16-14-29(28-22(16)20)18-10-8-17(9-11-18)27-24(31)21-13-26-12-15-4-1-2-6-19(15)21/h1-14H,(H3,25,27,30,31)/p+1. The van der Waals surface area contributed by atoms with E-state index in [9.17, 15) is 9.59 Å². The predicted octanol–water partition coefficient (Wildman–Crippen LogP) is 3.34. The summed E-state index contributed by atoms with van der Waals surface area (Å²) in [5, 5.41) is 8.75. The zero-order valence-corrected chi connectivity index (χ0v) is 16.4. The Bertz CT molecular complexity index is 1450. The number of hydrogen-bond donors (Lipinski definition) is 3. The zero-order valence-electron chi connectivity index (χ0n) is 16.4. The van der Waals surface area contributed by atoms with E-state index in [-0.39, 0.29) is 5.91 Å². The molecule has 7 heteroatoms. The van der Waals surface area contributed by atoms with E-state index in [4.69, 9.17) is 5.73 Å². The number of primary amides is 1. The zero-order chi connectivity index (χ0) is 21.4. The van der Waals surface area contributed by atoms with Gasteiger partial charge in [0.2, 0.25) is 11.9 Å². The first-order valence-corrected chi connectivity index (χ1v) is 9.68. The van der Waals surface area contributed by atoms with Gasteiger partial charge in [0.1, 0.15) is 5.52 Å². The molecule has 2 aromatic heterocycles. The summed E-state index contributed by atoms with van der Waals surface area (Å²) in [4.78, 5) is 28.6. The van der Waals surface area contributed by atoms with Crippen molar-refractivity contribution in [3.63, 3.8) is 0 Å². The number of hydrogen-bond acceptors (Lipinski definition) is 3. The van der Waals surface area contributed by atoms with Crippen LogP contribution in [0.25, 0.3) is 27.4 Å². The van der Waals surface area contributed by atoms with Gasteiger partial charge in [-0.15, -0.1) is 0 Å². The molecule has 0 fully saturated rings. The van der Waals surface area contributed by atoms with Gasteiger partial charge >= 0.3 is 0 Å². The molecule has 5 rings (SSSR count). The molecule has 0 spiro atoms. The molecule has 0 bridgehead atoms. The molecule has 31 heavy (non-hydrogen) atoms. The lowest BCUT2D eigenvalue weighted by Crippen LogP contribution is -2.31. The summed E-state index contributed by atoms with van der Waals surface area (Å²) in [6.45, 7) is 0. The second-order valence-corrected chi connectivity index (χ2v) is 7.15. The van der Waals surface area contributed by atoms with Crippen LogP contribution < -0.4 is 15.7 Å². The number of amides is 2. The van der Waals surface area contributed by atoms with Crippen molar-refractivity contribution in [1.82, 2.24) is 10.1 Å². The number of pyridine rings is 1. The van der Waals surface area contributed by atoms with Crippen LogP contribution in [0, 0.1) is 0 Å². The molecule has 0 saturated heterocycles. The Morgan fingerprint density at radius 2 is 1.65 bits per heavy atom. The maximum absolute atomic E-state index is 12.8. The highest BCUT2D eigenvalue weighted by Gasteiger charge is 2.16. The molecule has 150 valence electrons. The van der Waals surface area contributed by atoms with Gasteiger partial charge in [-0.3, -0.25) is 14.6 Å². The Hall–Kier alpha value is -4.52. The van der Waals surface area contributed by atoms with Crippen molar-refractivity contribution < 1.29 is 14.3 Å². The minimum atomic E-state index is -0.486. The smallest absolute Gasteiger partial charge is 0.257 e. The number of carbonyl (C=O) groups is 2. The number of aromatic nitrogens is 3. The van der Waals surface area contributed by atoms with Crippen LogP contribution in [0.5, 0.6) is 0 Å². The second kappa shape index (κ2) is 7.38. The van der Waals surface area contributed by atoms with Crippen molar-refractivity contribution in [2.24, 2.45) is 5.73 Å². The molecule has 0 aliphatic carbocycles. The monoisotopic (exact) mass is 408 g/mol. The van der Waals surface area contributed by atoms with Gasteiger partial charge in [0.05, 0.1) is 16.5 Å². The molecule has 0 atom stereocenters. The average molecular weight is 408 g/mol. The van der Waals surface area contributed by atoms with E-state index < -0.39 is 5.91 Å². The third-order valence-electron chi connectivity index (χ3n) is 5.18. The van der Waals surface area contributed by atoms with Crippen LogP contribution in [0.15, 0.2) is 85.3 Å². The third-order valence-corrected chi connectivity index (χ3v) is 5.18. The van der Waals surface area contributed by atoms with Gasteiger partial charge in [-0.1, -0.05) is 35.0 Å². The van der Waals surface area contributed by atoms with Crippen molar-refractivity contribution in [3.05, 3.63) is 96.4 Å². The van der Waals surface area contributed by atoms with Gasteiger partial charge in [-0.2, -0.15) is 5.10 Å². The molecule has 2 heterocycles. The number of benzene rings is 3. The number of H-pyrrole nitrogens is 1. The van der Waals surface area contributed by atoms with Crippen molar-refractivity contribution in [3.8, 4) is 5.69 Å². The summed E-state index contributed by atoms with van der Waals surface area (Å²) in [7, 11) is 0. The summed E-state index contributed by atoms with van der Waals surface area (Å²) in [5.74, 6) is -0.706. The fourth-order valence-corrected chi connectivity index (χ4v) is 3.64. The van der Waals surface area contributed by atoms with Crippen LogP contribution in [0.2, 0.25) is 0 Å². The molecule has 0 unspecified atom stereocenters. The molecule has 0 aliphatic heterocycles. The van der Waals surface area contributed by atoms with Crippen molar-refractivity contribution in [2.75, 3.05) is 5.32 Å². The quantitative estimate of drug-likeness (QED) is 0.397. The third kappa shape index (κ3) is 3.38. The maximum atomic E-state index is 12.8. The molecule has 7 nitrogen and oxygen atoms in total. The Balaban J connectivity index is 1.41. The summed E-state index contributed by atoms with van der Waals surface area (Å²) in [5.41, 5.74) is 8.60. The predicted molar refractivity (Wildman–Crippen MR) is 118 cm³/mol. The normalized spacial score (nSPS) is 11.0. The Morgan fingerprint density at radius 1 is 0.871 bits per heavy atom. The van der Waals surface area contributed by atoms with Crippen molar-refractivity contribution in [1.29, 1.82) is 0 Å². The van der Waals surface area contributed by atoms with E-state index in [1.807, 2.05) is 60.8 Å². The highest BCUT2D eigenvalue weighted by molar-refractivity contribution is 6.12. The summed E-state index contributed by atoms with van der Waals surface area (Å²) in [6, 6.07) is 20.4. The van der Waals surface area contributed by atoms with Gasteiger partial charge in [-0.05, 0) is 29.7 Å². The number of nitrogens with two attached hydrogens (primary N) is 1. The van der Waals surface area contributed by atoms with Crippen LogP contribution in [0.4, 0.5) is 5.69 Å². The van der Waals surface area contributed by atoms with E-state index in [1.54, 1.807) is 29.2 Å². The first-order chi connectivity index (χ1) is 15.1. The Labute approximate surface area is 177 Å². The molecule has 3 aromatic carbocycles. The van der Waals surface area contributed by atoms with Crippen LogP contribution >= 0.6 is 0 Å². The maximum Gasteiger partial charge on any atom is 0.257 e. The number of carbonyl (C=O) groups excluding carboxylic acids is 2. The topological polar surface area (TPSA) is 105 Å². The largest absolute Gasteiger partial charge is 0.366 e.